The Morgan fingerprint density at radius 2 is 1.63 bits per heavy atom. The summed E-state index contributed by atoms with van der Waals surface area (Å²) < 4.78 is 2.06. The molecule has 0 amide bonds. The number of aromatic carboxylic acids is 1. The number of carboxylic acids is 1. The van der Waals surface area contributed by atoms with Gasteiger partial charge in [-0.25, -0.2) is 14.5 Å². The normalized spacial score (nSPS) is 11.0. The van der Waals surface area contributed by atoms with Gasteiger partial charge < -0.3 is 5.11 Å². The number of carboxylic acid groups (broad SMARTS) is 1. The lowest BCUT2D eigenvalue weighted by molar-refractivity contribution is 0.0696. The van der Waals surface area contributed by atoms with E-state index in [0.29, 0.717) is 12.0 Å². The number of nitrogens with zero attached hydrogens (tertiary/aromatic N) is 3. The molecule has 1 N–H and O–H groups in total. The Morgan fingerprint density at radius 1 is 0.933 bits per heavy atom. The first-order chi connectivity index (χ1) is 14.6. The van der Waals surface area contributed by atoms with E-state index in [9.17, 15) is 4.79 Å². The van der Waals surface area contributed by atoms with Gasteiger partial charge in [-0.15, -0.1) is 0 Å². The van der Waals surface area contributed by atoms with Gasteiger partial charge in [0, 0.05) is 12.8 Å². The van der Waals surface area contributed by atoms with E-state index in [1.165, 1.54) is 5.56 Å². The van der Waals surface area contributed by atoms with Crippen LogP contribution in [0.2, 0.25) is 0 Å². The zero-order valence-corrected chi connectivity index (χ0v) is 18.0. The van der Waals surface area contributed by atoms with E-state index in [4.69, 9.17) is 15.2 Å². The van der Waals surface area contributed by atoms with E-state index >= 15 is 0 Å². The van der Waals surface area contributed by atoms with Crippen LogP contribution in [0.15, 0.2) is 48.5 Å². The molecule has 0 atom stereocenters. The molecule has 0 fully saturated rings. The largest absolute Gasteiger partial charge is 0.478 e. The summed E-state index contributed by atoms with van der Waals surface area (Å²) in [6.07, 6.45) is 7.16. The third kappa shape index (κ3) is 6.02. The van der Waals surface area contributed by atoms with Crippen LogP contribution in [-0.2, 0) is 25.8 Å². The lowest BCUT2D eigenvalue weighted by atomic mass is 10.0. The van der Waals surface area contributed by atoms with Crippen molar-refractivity contribution >= 4 is 5.97 Å². The van der Waals surface area contributed by atoms with Gasteiger partial charge in [0.2, 0.25) is 0 Å². The van der Waals surface area contributed by atoms with Crippen molar-refractivity contribution in [3.05, 3.63) is 82.4 Å². The Morgan fingerprint density at radius 3 is 2.33 bits per heavy atom. The number of rotatable bonds is 11. The number of aromatic nitrogens is 3. The van der Waals surface area contributed by atoms with E-state index in [1.807, 2.05) is 6.07 Å². The summed E-state index contributed by atoms with van der Waals surface area (Å²) in [5, 5.41) is 13.9. The minimum Gasteiger partial charge on any atom is -0.478 e. The van der Waals surface area contributed by atoms with E-state index in [0.717, 1.165) is 67.8 Å². The quantitative estimate of drug-likeness (QED) is 0.470. The van der Waals surface area contributed by atoms with Crippen LogP contribution < -0.4 is 0 Å². The maximum Gasteiger partial charge on any atom is 0.335 e. The molecule has 3 aromatic rings. The molecule has 5 heteroatoms. The summed E-state index contributed by atoms with van der Waals surface area (Å²) in [6, 6.07) is 15.6. The summed E-state index contributed by atoms with van der Waals surface area (Å²) in [7, 11) is 0. The van der Waals surface area contributed by atoms with Crippen LogP contribution in [0, 0.1) is 0 Å². The Hall–Kier alpha value is -2.95. The summed E-state index contributed by atoms with van der Waals surface area (Å²) >= 11 is 0. The minimum absolute atomic E-state index is 0.328. The first kappa shape index (κ1) is 21.8. The topological polar surface area (TPSA) is 68.0 Å². The molecule has 0 bridgehead atoms. The van der Waals surface area contributed by atoms with Crippen LogP contribution in [0.4, 0.5) is 0 Å². The molecule has 1 heterocycles. The SMILES string of the molecule is CCCCc1nc(CCCC)n(Cc2ccc(Cc3cccc(C(=O)O)c3)cc2)n1. The predicted molar refractivity (Wildman–Crippen MR) is 119 cm³/mol. The van der Waals surface area contributed by atoms with Crippen LogP contribution in [0.5, 0.6) is 0 Å². The fourth-order valence-corrected chi connectivity index (χ4v) is 3.50. The van der Waals surface area contributed by atoms with E-state index in [-0.39, 0.29) is 0 Å². The first-order valence-electron chi connectivity index (χ1n) is 10.9. The minimum atomic E-state index is -0.891. The summed E-state index contributed by atoms with van der Waals surface area (Å²) in [4.78, 5) is 15.9. The Labute approximate surface area is 178 Å². The third-order valence-corrected chi connectivity index (χ3v) is 5.24. The van der Waals surface area contributed by atoms with Gasteiger partial charge in [-0.05, 0) is 48.1 Å². The second kappa shape index (κ2) is 10.7. The summed E-state index contributed by atoms with van der Waals surface area (Å²) in [6.45, 7) is 5.12. The Balaban J connectivity index is 1.69. The van der Waals surface area contributed by atoms with Gasteiger partial charge in [-0.1, -0.05) is 63.1 Å². The van der Waals surface area contributed by atoms with Gasteiger partial charge in [-0.3, -0.25) is 0 Å². The van der Waals surface area contributed by atoms with Crippen LogP contribution in [0.1, 0.15) is 78.2 Å². The van der Waals surface area contributed by atoms with Gasteiger partial charge in [0.15, 0.2) is 5.82 Å². The fraction of sp³-hybridized carbons (Fsp3) is 0.400. The number of benzene rings is 2. The van der Waals surface area contributed by atoms with Crippen LogP contribution in [0.25, 0.3) is 0 Å². The molecule has 3 rings (SSSR count). The fourth-order valence-electron chi connectivity index (χ4n) is 3.50. The highest BCUT2D eigenvalue weighted by molar-refractivity contribution is 5.87. The molecule has 0 radical (unpaired) electrons. The highest BCUT2D eigenvalue weighted by Crippen LogP contribution is 2.15. The van der Waals surface area contributed by atoms with Gasteiger partial charge >= 0.3 is 5.97 Å². The van der Waals surface area contributed by atoms with E-state index in [1.54, 1.807) is 18.2 Å². The molecule has 0 aliphatic rings. The molecule has 0 unspecified atom stereocenters. The molecule has 5 nitrogen and oxygen atoms in total. The van der Waals surface area contributed by atoms with Gasteiger partial charge in [0.05, 0.1) is 12.1 Å². The molecule has 0 aliphatic heterocycles. The first-order valence-corrected chi connectivity index (χ1v) is 10.9. The highest BCUT2D eigenvalue weighted by atomic mass is 16.4. The van der Waals surface area contributed by atoms with Gasteiger partial charge in [0.1, 0.15) is 5.82 Å². The Bertz CT molecular complexity index is 961. The number of carbonyl (C=O) groups is 1. The summed E-state index contributed by atoms with van der Waals surface area (Å²) in [5.41, 5.74) is 3.69. The van der Waals surface area contributed by atoms with Crippen molar-refractivity contribution in [1.82, 2.24) is 14.8 Å². The zero-order chi connectivity index (χ0) is 21.3. The van der Waals surface area contributed by atoms with Crippen LogP contribution in [-0.4, -0.2) is 25.8 Å². The molecule has 1 aromatic heterocycles. The van der Waals surface area contributed by atoms with E-state index in [2.05, 4.69) is 42.8 Å². The van der Waals surface area contributed by atoms with Crippen molar-refractivity contribution in [3.8, 4) is 0 Å². The number of hydrogen-bond acceptors (Lipinski definition) is 3. The maximum absolute atomic E-state index is 11.2. The molecule has 0 aliphatic carbocycles. The second-order valence-electron chi connectivity index (χ2n) is 7.81. The van der Waals surface area contributed by atoms with Gasteiger partial charge in [0.25, 0.3) is 0 Å². The predicted octanol–water partition coefficient (Wildman–Crippen LogP) is 5.30. The molecule has 0 saturated heterocycles. The zero-order valence-electron chi connectivity index (χ0n) is 18.0. The molecule has 158 valence electrons. The average Bonchev–Trinajstić information content (AvgIpc) is 3.13. The van der Waals surface area contributed by atoms with E-state index < -0.39 is 5.97 Å². The lowest BCUT2D eigenvalue weighted by Crippen LogP contribution is -2.07. The van der Waals surface area contributed by atoms with Crippen LogP contribution >= 0.6 is 0 Å². The number of unbranched alkanes of at least 4 members (excludes halogenated alkanes) is 2. The number of hydrogen-bond donors (Lipinski definition) is 1. The molecule has 0 saturated carbocycles. The molecule has 2 aromatic carbocycles. The monoisotopic (exact) mass is 405 g/mol. The highest BCUT2D eigenvalue weighted by Gasteiger charge is 2.10. The smallest absolute Gasteiger partial charge is 0.335 e. The van der Waals surface area contributed by atoms with Crippen molar-refractivity contribution in [2.24, 2.45) is 0 Å². The Kier molecular flexibility index (Phi) is 7.77. The molecular formula is C25H31N3O2. The van der Waals surface area contributed by atoms with Crippen molar-refractivity contribution in [1.29, 1.82) is 0 Å². The van der Waals surface area contributed by atoms with Crippen molar-refractivity contribution in [2.75, 3.05) is 0 Å². The van der Waals surface area contributed by atoms with Crippen molar-refractivity contribution in [2.45, 2.75) is 65.3 Å². The lowest BCUT2D eigenvalue weighted by Gasteiger charge is -2.08. The molecular weight excluding hydrogens is 374 g/mol. The van der Waals surface area contributed by atoms with Crippen molar-refractivity contribution < 1.29 is 9.90 Å². The van der Waals surface area contributed by atoms with Crippen molar-refractivity contribution in [3.63, 3.8) is 0 Å². The molecule has 0 spiro atoms. The standard InChI is InChI=1S/C25H31N3O2/c1-3-5-10-23-26-24(11-6-4-2)28(27-23)18-20-14-12-19(13-15-20)16-21-8-7-9-22(17-21)25(29)30/h7-9,12-15,17H,3-6,10-11,16,18H2,1-2H3,(H,29,30). The van der Waals surface area contributed by atoms with Gasteiger partial charge in [-0.2, -0.15) is 5.10 Å². The maximum atomic E-state index is 11.2. The molecule has 30 heavy (non-hydrogen) atoms. The number of aryl methyl sites for hydroxylation is 2. The average molecular weight is 406 g/mol. The summed E-state index contributed by atoms with van der Waals surface area (Å²) in [5.74, 6) is 1.15. The van der Waals surface area contributed by atoms with Crippen LogP contribution in [0.3, 0.4) is 0 Å². The third-order valence-electron chi connectivity index (χ3n) is 5.24. The second-order valence-corrected chi connectivity index (χ2v) is 7.81.